The van der Waals surface area contributed by atoms with Crippen LogP contribution in [0.15, 0.2) is 16.8 Å². The lowest BCUT2D eigenvalue weighted by atomic mass is 10.3. The Morgan fingerprint density at radius 2 is 2.75 bits per heavy atom. The highest BCUT2D eigenvalue weighted by Gasteiger charge is 2.07. The van der Waals surface area contributed by atoms with Crippen LogP contribution in [0, 0.1) is 0 Å². The van der Waals surface area contributed by atoms with E-state index in [2.05, 4.69) is 25.7 Å². The number of carbonyl (C=O) groups excluding carboxylic acids is 1. The average molecular weight is 256 g/mol. The van der Waals surface area contributed by atoms with Crippen LogP contribution in [0.5, 0.6) is 0 Å². The second-order valence-electron chi connectivity index (χ2n) is 1.72. The lowest BCUT2D eigenvalue weighted by molar-refractivity contribution is 0.0600. The molecule has 0 unspecified atom stereocenters. The van der Waals surface area contributed by atoms with E-state index in [1.165, 1.54) is 0 Å². The fourth-order valence-corrected chi connectivity index (χ4v) is 0.816. The van der Waals surface area contributed by atoms with Crippen molar-refractivity contribution < 1.29 is 16.4 Å². The number of carbonyl (C=O) groups is 1. The highest BCUT2D eigenvalue weighted by Crippen LogP contribution is 2.20. The molecule has 5 heteroatoms. The molecule has 0 amide bonds. The second kappa shape index (κ2) is 3.87. The zero-order valence-electron chi connectivity index (χ0n) is 10.5. The van der Waals surface area contributed by atoms with Crippen LogP contribution < -0.4 is 0 Å². The van der Waals surface area contributed by atoms with E-state index < -0.39 is 30.8 Å². The number of halogens is 2. The van der Waals surface area contributed by atoms with Crippen LogP contribution in [0.4, 0.5) is 0 Å². The van der Waals surface area contributed by atoms with Crippen molar-refractivity contribution in [2.75, 3.05) is 7.04 Å². The quantitative estimate of drug-likeness (QED) is 0.571. The molecule has 12 heavy (non-hydrogen) atoms. The molecule has 0 aromatic carbocycles. The molecule has 0 aliphatic rings. The topological polar surface area (TPSA) is 39.2 Å². The summed E-state index contributed by atoms with van der Waals surface area (Å²) in [6.07, 6.45) is -0.583. The molecule has 1 heterocycles. The Morgan fingerprint density at radius 3 is 3.42 bits per heavy atom. The summed E-state index contributed by atoms with van der Waals surface area (Å²) < 4.78 is 39.3. The number of methoxy groups -OCH3 is 1. The van der Waals surface area contributed by atoms with Gasteiger partial charge >= 0.3 is 5.97 Å². The Hall–Kier alpha value is -0.610. The maximum atomic E-state index is 11.4. The summed E-state index contributed by atoms with van der Waals surface area (Å²) in [5, 5.41) is -0.196. The summed E-state index contributed by atoms with van der Waals surface area (Å²) in [5.41, 5.74) is -0.589. The van der Waals surface area contributed by atoms with Gasteiger partial charge in [-0.15, -0.1) is 0 Å². The van der Waals surface area contributed by atoms with Gasteiger partial charge in [-0.2, -0.15) is 0 Å². The molecule has 0 saturated carbocycles. The molecule has 1 rings (SSSR count). The summed E-state index contributed by atoms with van der Waals surface area (Å²) in [6.45, 7) is 0. The van der Waals surface area contributed by atoms with Crippen molar-refractivity contribution in [3.8, 4) is 0 Å². The Labute approximate surface area is 89.9 Å². The number of aromatic nitrogens is 1. The number of pyridine rings is 1. The van der Waals surface area contributed by atoms with Crippen molar-refractivity contribution in [3.05, 3.63) is 27.4 Å². The zero-order chi connectivity index (χ0) is 13.4. The van der Waals surface area contributed by atoms with E-state index in [4.69, 9.17) is 18.5 Å². The van der Waals surface area contributed by atoms with Crippen LogP contribution in [-0.4, -0.2) is 18.0 Å². The zero-order valence-corrected chi connectivity index (χ0v) is 7.86. The van der Waals surface area contributed by atoms with Gasteiger partial charge in [0.2, 0.25) is 0 Å². The summed E-state index contributed by atoms with van der Waals surface area (Å²) in [7, 11) is -2.95. The molecular weight excluding hydrogens is 245 g/mol. The fraction of sp³-hybridized carbons (Fsp3) is 0.143. The summed E-state index contributed by atoms with van der Waals surface area (Å²) in [6, 6.07) is -0.507. The number of ether oxygens (including phenoxy) is 1. The highest BCUT2D eigenvalue weighted by molar-refractivity contribution is 9.10. The van der Waals surface area contributed by atoms with Crippen LogP contribution in [0.1, 0.15) is 17.2 Å². The van der Waals surface area contributed by atoms with Crippen LogP contribution in [0.2, 0.25) is 5.02 Å². The first-order valence-electron chi connectivity index (χ1n) is 5.19. The monoisotopic (exact) mass is 254 g/mol. The first-order valence-corrected chi connectivity index (χ1v) is 3.86. The summed E-state index contributed by atoms with van der Waals surface area (Å²) in [4.78, 5) is 15.0. The molecule has 0 fully saturated rings. The molecule has 3 nitrogen and oxygen atoms in total. The van der Waals surface area contributed by atoms with Gasteiger partial charge in [-0.25, -0.2) is 9.78 Å². The fourth-order valence-electron chi connectivity index (χ4n) is 0.491. The third-order valence-electron chi connectivity index (χ3n) is 0.979. The lowest BCUT2D eigenvalue weighted by Crippen LogP contribution is -2.01. The van der Waals surface area contributed by atoms with E-state index in [-0.39, 0.29) is 9.63 Å². The first-order chi connectivity index (χ1) is 7.63. The Kier molecular flexibility index (Phi) is 1.48. The van der Waals surface area contributed by atoms with Gasteiger partial charge in [0.05, 0.1) is 24.5 Å². The van der Waals surface area contributed by atoms with E-state index in [0.29, 0.717) is 0 Å². The Morgan fingerprint density at radius 1 is 2.00 bits per heavy atom. The van der Waals surface area contributed by atoms with Gasteiger partial charge < -0.3 is 4.74 Å². The van der Waals surface area contributed by atoms with Crippen LogP contribution in [0.25, 0.3) is 0 Å². The molecule has 1 aromatic heterocycles. The maximum Gasteiger partial charge on any atom is 0.339 e. The smallest absolute Gasteiger partial charge is 0.339 e. The molecule has 0 atom stereocenters. The Balaban J connectivity index is 3.24. The number of hydrogen-bond acceptors (Lipinski definition) is 3. The predicted octanol–water partition coefficient (Wildman–Crippen LogP) is 2.28. The minimum absolute atomic E-state index is 0.0274. The number of nitrogens with zero attached hydrogens (tertiary/aromatic N) is 1. The van der Waals surface area contributed by atoms with Crippen molar-refractivity contribution in [2.45, 2.75) is 0 Å². The first kappa shape index (κ1) is 4.58. The number of hydrogen-bond donors (Lipinski definition) is 0. The van der Waals surface area contributed by atoms with Gasteiger partial charge in [0.1, 0.15) is 4.60 Å². The average Bonchev–Trinajstić information content (AvgIpc) is 2.11. The van der Waals surface area contributed by atoms with E-state index >= 15 is 0 Å². The van der Waals surface area contributed by atoms with Gasteiger partial charge in [0, 0.05) is 6.17 Å². The summed E-state index contributed by atoms with van der Waals surface area (Å²) in [5.74, 6) is -1.33. The van der Waals surface area contributed by atoms with Gasteiger partial charge in [-0.1, -0.05) is 11.6 Å². The molecule has 0 bridgehead atoms. The molecule has 0 N–H and O–H groups in total. The van der Waals surface area contributed by atoms with Gasteiger partial charge in [-0.05, 0) is 22.0 Å². The lowest BCUT2D eigenvalue weighted by Gasteiger charge is -1.99. The van der Waals surface area contributed by atoms with Crippen molar-refractivity contribution >= 4 is 33.5 Å². The molecular formula is C7H5BrClNO2. The van der Waals surface area contributed by atoms with Crippen molar-refractivity contribution in [1.82, 2.24) is 4.98 Å². The van der Waals surface area contributed by atoms with Crippen molar-refractivity contribution in [3.63, 3.8) is 0 Å². The van der Waals surface area contributed by atoms with E-state index in [1.54, 1.807) is 0 Å². The highest BCUT2D eigenvalue weighted by atomic mass is 79.9. The summed E-state index contributed by atoms with van der Waals surface area (Å²) >= 11 is 8.54. The molecule has 0 radical (unpaired) electrons. The maximum absolute atomic E-state index is 11.4. The largest absolute Gasteiger partial charge is 0.465 e. The Bertz CT molecular complexity index is 478. The van der Waals surface area contributed by atoms with Crippen LogP contribution >= 0.6 is 27.5 Å². The van der Waals surface area contributed by atoms with E-state index in [9.17, 15) is 4.79 Å². The van der Waals surface area contributed by atoms with Gasteiger partial charge in [0.25, 0.3) is 0 Å². The number of rotatable bonds is 1. The second-order valence-corrected chi connectivity index (χ2v) is 2.85. The predicted molar refractivity (Wildman–Crippen MR) is 48.3 cm³/mol. The molecule has 0 aliphatic heterocycles. The van der Waals surface area contributed by atoms with E-state index in [0.717, 1.165) is 0 Å². The molecule has 0 saturated heterocycles. The molecule has 1 aromatic rings. The molecule has 0 aliphatic carbocycles. The molecule has 0 spiro atoms. The standard InChI is InChI=1S/C7H5BrClNO2/c1-12-7(11)4-2-5(9)6(8)10-3-4/h2-3H,1H3/i1D3,2D,3D. The van der Waals surface area contributed by atoms with Crippen molar-refractivity contribution in [2.24, 2.45) is 0 Å². The van der Waals surface area contributed by atoms with Gasteiger partial charge in [-0.3, -0.25) is 0 Å². The SMILES string of the molecule is [2H]c1nc(Br)c(Cl)c([2H])c1C(=O)OC([2H])([2H])[2H]. The van der Waals surface area contributed by atoms with E-state index in [1.807, 2.05) is 0 Å². The molecule has 64 valence electrons. The minimum Gasteiger partial charge on any atom is -0.465 e. The normalized spacial score (nSPS) is 16.7. The minimum atomic E-state index is -2.95. The third kappa shape index (κ3) is 1.95. The number of esters is 1. The van der Waals surface area contributed by atoms with Crippen molar-refractivity contribution in [1.29, 1.82) is 0 Å². The third-order valence-corrected chi connectivity index (χ3v) is 2.05. The van der Waals surface area contributed by atoms with Crippen LogP contribution in [0.3, 0.4) is 0 Å². The van der Waals surface area contributed by atoms with Gasteiger partial charge in [0.15, 0.2) is 0 Å². The van der Waals surface area contributed by atoms with Crippen LogP contribution in [-0.2, 0) is 4.74 Å².